The molecule has 4 aliphatic rings. The van der Waals surface area contributed by atoms with Crippen molar-refractivity contribution >= 4 is 28.8 Å². The normalized spacial score (nSPS) is 19.3. The van der Waals surface area contributed by atoms with E-state index < -0.39 is 0 Å². The highest BCUT2D eigenvalue weighted by molar-refractivity contribution is 6.04. The van der Waals surface area contributed by atoms with Crippen LogP contribution in [0.4, 0.5) is 0 Å². The monoisotopic (exact) mass is 643 g/mol. The minimum atomic E-state index is -0.124. The van der Waals surface area contributed by atoms with E-state index in [0.29, 0.717) is 30.6 Å². The minimum Gasteiger partial charge on any atom is -0.379 e. The van der Waals surface area contributed by atoms with Crippen LogP contribution >= 0.6 is 0 Å². The molecule has 2 amide bonds. The maximum Gasteiger partial charge on any atom is 0.251 e. The van der Waals surface area contributed by atoms with Crippen molar-refractivity contribution in [3.8, 4) is 11.3 Å². The highest BCUT2D eigenvalue weighted by Crippen LogP contribution is 2.46. The molecule has 0 bridgehead atoms. The number of hydrogen-bond acceptors (Lipinski definition) is 5. The molecule has 3 aliphatic heterocycles. The Balaban J connectivity index is 1.15. The summed E-state index contributed by atoms with van der Waals surface area (Å²) in [4.78, 5) is 36.9. The summed E-state index contributed by atoms with van der Waals surface area (Å²) in [7, 11) is 0. The Bertz CT molecular complexity index is 1830. The van der Waals surface area contributed by atoms with Gasteiger partial charge in [-0.1, -0.05) is 55.7 Å². The van der Waals surface area contributed by atoms with Gasteiger partial charge in [-0.2, -0.15) is 0 Å². The Morgan fingerprint density at radius 2 is 1.67 bits per heavy atom. The molecule has 1 saturated carbocycles. The standard InChI is InChI=1S/C40H45N5O3/c46-39(42-26-32-11-6-7-17-41-32)30-13-14-35-36(25-30)45-27-31(40(47)44-18-15-33(16-19-44)43-20-22-48-23-21-43)24-29-10-4-5-12-34(29)38(45)37(35)28-8-2-1-3-9-28/h4-7,10-14,17,24-25,28,33H,1-3,8-9,15-16,18-23,26-27H2,(H,42,46). The molecule has 5 heterocycles. The molecule has 2 aromatic heterocycles. The summed E-state index contributed by atoms with van der Waals surface area (Å²) >= 11 is 0. The van der Waals surface area contributed by atoms with Crippen LogP contribution < -0.4 is 5.32 Å². The zero-order valence-electron chi connectivity index (χ0n) is 27.7. The lowest BCUT2D eigenvalue weighted by molar-refractivity contribution is -0.129. The maximum atomic E-state index is 14.4. The molecule has 1 N–H and O–H groups in total. The predicted molar refractivity (Wildman–Crippen MR) is 189 cm³/mol. The average molecular weight is 644 g/mol. The van der Waals surface area contributed by atoms with E-state index in [9.17, 15) is 9.59 Å². The smallest absolute Gasteiger partial charge is 0.251 e. The molecule has 48 heavy (non-hydrogen) atoms. The number of carbonyl (C=O) groups excluding carboxylic acids is 2. The lowest BCUT2D eigenvalue weighted by Crippen LogP contribution is -2.50. The number of hydrogen-bond donors (Lipinski definition) is 1. The fraction of sp³-hybridized carbons (Fsp3) is 0.425. The van der Waals surface area contributed by atoms with E-state index in [2.05, 4.69) is 61.1 Å². The maximum absolute atomic E-state index is 14.4. The summed E-state index contributed by atoms with van der Waals surface area (Å²) in [5.41, 5.74) is 8.13. The first-order valence-electron chi connectivity index (χ1n) is 17.9. The summed E-state index contributed by atoms with van der Waals surface area (Å²) in [6.07, 6.45) is 11.9. The summed E-state index contributed by atoms with van der Waals surface area (Å²) in [6.45, 7) is 5.96. The van der Waals surface area contributed by atoms with Crippen molar-refractivity contribution in [2.45, 2.75) is 70.0 Å². The molecule has 8 nitrogen and oxygen atoms in total. The van der Waals surface area contributed by atoms with E-state index in [-0.39, 0.29) is 11.8 Å². The largest absolute Gasteiger partial charge is 0.379 e. The quantitative estimate of drug-likeness (QED) is 0.263. The van der Waals surface area contributed by atoms with Crippen molar-refractivity contribution in [3.63, 3.8) is 0 Å². The lowest BCUT2D eigenvalue weighted by Gasteiger charge is -2.40. The van der Waals surface area contributed by atoms with Gasteiger partial charge in [-0.25, -0.2) is 0 Å². The molecule has 8 rings (SSSR count). The van der Waals surface area contributed by atoms with E-state index in [0.717, 1.165) is 87.4 Å². The van der Waals surface area contributed by atoms with Crippen molar-refractivity contribution in [1.82, 2.24) is 24.7 Å². The number of nitrogens with zero attached hydrogens (tertiary/aromatic N) is 4. The topological polar surface area (TPSA) is 79.7 Å². The number of aromatic nitrogens is 2. The number of nitrogens with one attached hydrogen (secondary N) is 1. The van der Waals surface area contributed by atoms with Crippen LogP contribution in [0.1, 0.15) is 78.0 Å². The van der Waals surface area contributed by atoms with Crippen LogP contribution in [0.2, 0.25) is 0 Å². The van der Waals surface area contributed by atoms with E-state index in [4.69, 9.17) is 4.74 Å². The zero-order chi connectivity index (χ0) is 32.5. The Labute approximate surface area is 282 Å². The third-order valence-corrected chi connectivity index (χ3v) is 11.0. The third kappa shape index (κ3) is 6.08. The van der Waals surface area contributed by atoms with Crippen LogP contribution in [0, 0.1) is 0 Å². The van der Waals surface area contributed by atoms with Gasteiger partial charge in [-0.3, -0.25) is 19.5 Å². The van der Waals surface area contributed by atoms with Gasteiger partial charge in [0.05, 0.1) is 37.7 Å². The van der Waals surface area contributed by atoms with Crippen LogP contribution in [0.25, 0.3) is 28.2 Å². The first kappa shape index (κ1) is 31.0. The molecule has 0 atom stereocenters. The molecule has 0 unspecified atom stereocenters. The fourth-order valence-corrected chi connectivity index (χ4v) is 8.50. The van der Waals surface area contributed by atoms with Crippen LogP contribution in [0.5, 0.6) is 0 Å². The van der Waals surface area contributed by atoms with Gasteiger partial charge in [-0.05, 0) is 73.1 Å². The number of piperidine rings is 1. The summed E-state index contributed by atoms with van der Waals surface area (Å²) in [5.74, 6) is 0.454. The summed E-state index contributed by atoms with van der Waals surface area (Å²) in [6, 6.07) is 21.0. The number of rotatable bonds is 6. The molecular weight excluding hydrogens is 598 g/mol. The molecule has 8 heteroatoms. The highest BCUT2D eigenvalue weighted by Gasteiger charge is 2.33. The summed E-state index contributed by atoms with van der Waals surface area (Å²) in [5, 5.41) is 4.26. The van der Waals surface area contributed by atoms with E-state index >= 15 is 0 Å². The van der Waals surface area contributed by atoms with Crippen molar-refractivity contribution in [2.24, 2.45) is 0 Å². The molecule has 248 valence electrons. The van der Waals surface area contributed by atoms with Gasteiger partial charge in [0.25, 0.3) is 11.8 Å². The lowest BCUT2D eigenvalue weighted by atomic mass is 9.81. The van der Waals surface area contributed by atoms with Gasteiger partial charge >= 0.3 is 0 Å². The van der Waals surface area contributed by atoms with Gasteiger partial charge < -0.3 is 19.5 Å². The Morgan fingerprint density at radius 1 is 0.875 bits per heavy atom. The van der Waals surface area contributed by atoms with E-state index in [1.807, 2.05) is 30.3 Å². The number of morpholine rings is 1. The van der Waals surface area contributed by atoms with Crippen molar-refractivity contribution in [3.05, 3.63) is 94.8 Å². The Kier molecular flexibility index (Phi) is 8.85. The molecule has 2 saturated heterocycles. The second-order valence-corrected chi connectivity index (χ2v) is 13.8. The van der Waals surface area contributed by atoms with Crippen molar-refractivity contribution in [1.29, 1.82) is 0 Å². The first-order valence-corrected chi connectivity index (χ1v) is 17.9. The average Bonchev–Trinajstić information content (AvgIpc) is 3.37. The second kappa shape index (κ2) is 13.7. The van der Waals surface area contributed by atoms with Crippen molar-refractivity contribution < 1.29 is 14.3 Å². The van der Waals surface area contributed by atoms with E-state index in [1.54, 1.807) is 6.20 Å². The molecule has 0 radical (unpaired) electrons. The SMILES string of the molecule is O=C(NCc1ccccn1)c1ccc2c(C3CCCCC3)c3n(c2c1)CC(C(=O)N1CCC(N2CCOCC2)CC1)=Cc1ccccc1-3. The fourth-order valence-electron chi connectivity index (χ4n) is 8.50. The van der Waals surface area contributed by atoms with Crippen LogP contribution in [0.3, 0.4) is 0 Å². The molecule has 2 aromatic carbocycles. The van der Waals surface area contributed by atoms with E-state index in [1.165, 1.54) is 41.5 Å². The molecule has 1 aliphatic carbocycles. The Morgan fingerprint density at radius 3 is 2.46 bits per heavy atom. The van der Waals surface area contributed by atoms with Crippen molar-refractivity contribution in [2.75, 3.05) is 39.4 Å². The second-order valence-electron chi connectivity index (χ2n) is 13.8. The van der Waals surface area contributed by atoms with Gasteiger partial charge in [0.15, 0.2) is 0 Å². The summed E-state index contributed by atoms with van der Waals surface area (Å²) < 4.78 is 7.93. The molecular formula is C40H45N5O3. The Hall–Kier alpha value is -4.27. The van der Waals surface area contributed by atoms with Crippen LogP contribution in [-0.2, 0) is 22.6 Å². The van der Waals surface area contributed by atoms with Gasteiger partial charge in [0.1, 0.15) is 0 Å². The zero-order valence-corrected chi connectivity index (χ0v) is 27.7. The minimum absolute atomic E-state index is 0.124. The highest BCUT2D eigenvalue weighted by atomic mass is 16.5. The molecule has 0 spiro atoms. The molecule has 4 aromatic rings. The number of pyridine rings is 1. The third-order valence-electron chi connectivity index (χ3n) is 11.0. The van der Waals surface area contributed by atoms with Crippen LogP contribution in [-0.4, -0.2) is 76.6 Å². The van der Waals surface area contributed by atoms with Gasteiger partial charge in [0.2, 0.25) is 0 Å². The predicted octanol–water partition coefficient (Wildman–Crippen LogP) is 6.40. The van der Waals surface area contributed by atoms with Gasteiger partial charge in [0, 0.05) is 66.0 Å². The number of fused-ring (bicyclic) bond motifs is 5. The number of carbonyl (C=O) groups is 2. The van der Waals surface area contributed by atoms with Crippen LogP contribution in [0.15, 0.2) is 72.4 Å². The number of ether oxygens (including phenoxy) is 1. The number of amides is 2. The van der Waals surface area contributed by atoms with Gasteiger partial charge in [-0.15, -0.1) is 0 Å². The number of benzene rings is 2. The first-order chi connectivity index (χ1) is 23.6. The number of likely N-dealkylation sites (tertiary alicyclic amines) is 1. The molecule has 3 fully saturated rings.